The first-order valence-electron chi connectivity index (χ1n) is 15.9. The second-order valence-electron chi connectivity index (χ2n) is 13.9. The molecule has 2 aliphatic heterocycles. The lowest BCUT2D eigenvalue weighted by Gasteiger charge is -2.46. The summed E-state index contributed by atoms with van der Waals surface area (Å²) in [6.45, 7) is 4.59. The number of aryl methyl sites for hydroxylation is 1. The minimum absolute atomic E-state index is 0.00000748. The molecule has 1 saturated heterocycles. The topological polar surface area (TPSA) is 129 Å². The monoisotopic (exact) mass is 627 g/mol. The van der Waals surface area contributed by atoms with Crippen LogP contribution in [0.25, 0.3) is 0 Å². The summed E-state index contributed by atoms with van der Waals surface area (Å²) >= 11 is 6.71. The maximum absolute atomic E-state index is 16.0. The molecule has 2 N–H and O–H groups in total. The maximum Gasteiger partial charge on any atom is 0.310 e. The molecule has 12 heteroatoms. The van der Waals surface area contributed by atoms with Crippen LogP contribution in [0.2, 0.25) is 5.02 Å². The zero-order chi connectivity index (χ0) is 31.0. The molecular weight excluding hydrogens is 589 g/mol. The van der Waals surface area contributed by atoms with Crippen LogP contribution in [0.4, 0.5) is 4.39 Å². The second kappa shape index (κ2) is 10.4. The van der Waals surface area contributed by atoms with E-state index in [9.17, 15) is 19.5 Å². The molecule has 1 aromatic heterocycles. The third kappa shape index (κ3) is 4.43. The molecule has 3 heterocycles. The number of likely N-dealkylation sites (tertiary alicyclic amines) is 1. The lowest BCUT2D eigenvalue weighted by Crippen LogP contribution is -2.55. The van der Waals surface area contributed by atoms with Crippen molar-refractivity contribution in [2.75, 3.05) is 13.1 Å². The maximum atomic E-state index is 16.0. The average molecular weight is 628 g/mol. The summed E-state index contributed by atoms with van der Waals surface area (Å²) in [5.74, 6) is -2.54. The van der Waals surface area contributed by atoms with Crippen LogP contribution in [0.5, 0.6) is 5.75 Å². The molecule has 44 heavy (non-hydrogen) atoms. The Balaban J connectivity index is 1.32. The third-order valence-corrected chi connectivity index (χ3v) is 11.5. The zero-order valence-electron chi connectivity index (χ0n) is 25.3. The van der Waals surface area contributed by atoms with Crippen LogP contribution in [0, 0.1) is 22.6 Å². The minimum atomic E-state index is -1.20. The summed E-state index contributed by atoms with van der Waals surface area (Å²) < 4.78 is 22.2. The van der Waals surface area contributed by atoms with E-state index in [1.165, 1.54) is 6.07 Å². The molecule has 3 aliphatic carbocycles. The molecule has 4 atom stereocenters. The van der Waals surface area contributed by atoms with Crippen molar-refractivity contribution in [2.45, 2.75) is 103 Å². The van der Waals surface area contributed by atoms with E-state index in [-0.39, 0.29) is 40.7 Å². The number of aromatic amines is 1. The Morgan fingerprint density at radius 2 is 2.00 bits per heavy atom. The van der Waals surface area contributed by atoms with Gasteiger partial charge in [-0.1, -0.05) is 37.8 Å². The van der Waals surface area contributed by atoms with Crippen LogP contribution in [0.3, 0.4) is 0 Å². The van der Waals surface area contributed by atoms with Crippen molar-refractivity contribution in [2.24, 2.45) is 16.7 Å². The fraction of sp³-hybridized carbons (Fsp3) is 0.656. The van der Waals surface area contributed by atoms with E-state index in [2.05, 4.69) is 15.4 Å². The van der Waals surface area contributed by atoms with Crippen LogP contribution in [-0.2, 0) is 39.4 Å². The summed E-state index contributed by atoms with van der Waals surface area (Å²) in [6, 6.07) is 0.886. The van der Waals surface area contributed by atoms with E-state index < -0.39 is 28.7 Å². The molecule has 3 saturated carbocycles. The molecule has 2 unspecified atom stereocenters. The smallest absolute Gasteiger partial charge is 0.310 e. The van der Waals surface area contributed by atoms with Crippen molar-refractivity contribution in [3.05, 3.63) is 39.4 Å². The van der Waals surface area contributed by atoms with Gasteiger partial charge in [0.05, 0.1) is 28.6 Å². The van der Waals surface area contributed by atoms with E-state index in [0.717, 1.165) is 37.8 Å². The van der Waals surface area contributed by atoms with Gasteiger partial charge in [0.1, 0.15) is 12.3 Å². The Morgan fingerprint density at radius 3 is 2.70 bits per heavy atom. The van der Waals surface area contributed by atoms with E-state index >= 15 is 4.39 Å². The Morgan fingerprint density at radius 1 is 1.23 bits per heavy atom. The summed E-state index contributed by atoms with van der Waals surface area (Å²) in [7, 11) is 0. The van der Waals surface area contributed by atoms with E-state index in [1.807, 2.05) is 11.8 Å². The lowest BCUT2D eigenvalue weighted by atomic mass is 9.66. The number of hydrogen-bond donors (Lipinski definition) is 2. The Hall–Kier alpha value is -3.21. The van der Waals surface area contributed by atoms with Crippen molar-refractivity contribution in [1.29, 1.82) is 0 Å². The van der Waals surface area contributed by atoms with Gasteiger partial charge in [0.15, 0.2) is 11.6 Å². The lowest BCUT2D eigenvalue weighted by molar-refractivity contribution is -0.163. The Bertz CT molecular complexity index is 1540. The van der Waals surface area contributed by atoms with Crippen LogP contribution in [0.15, 0.2) is 6.07 Å². The number of ether oxygens (including phenoxy) is 1. The summed E-state index contributed by atoms with van der Waals surface area (Å²) in [5, 5.41) is 21.6. The number of carbonyl (C=O) groups excluding carboxylic acids is 2. The number of amides is 2. The molecule has 2 amide bonds. The van der Waals surface area contributed by atoms with Crippen molar-refractivity contribution >= 4 is 29.4 Å². The number of hydrogen-bond acceptors (Lipinski definition) is 6. The summed E-state index contributed by atoms with van der Waals surface area (Å²) in [5.41, 5.74) is 0.268. The molecule has 1 aromatic carbocycles. The van der Waals surface area contributed by atoms with Crippen LogP contribution in [-0.4, -0.2) is 67.2 Å². The van der Waals surface area contributed by atoms with Gasteiger partial charge in [-0.3, -0.25) is 14.4 Å². The molecule has 2 aromatic rings. The number of fused-ring (bicyclic) bond motifs is 2. The van der Waals surface area contributed by atoms with Gasteiger partial charge in [-0.2, -0.15) is 15.4 Å². The molecule has 0 bridgehead atoms. The van der Waals surface area contributed by atoms with Gasteiger partial charge in [0.2, 0.25) is 11.8 Å². The molecule has 0 radical (unpaired) electrons. The molecule has 236 valence electrons. The number of carboxylic acids is 1. The van der Waals surface area contributed by atoms with Gasteiger partial charge in [0.25, 0.3) is 0 Å². The predicted octanol–water partition coefficient (Wildman–Crippen LogP) is 4.77. The number of nitrogens with one attached hydrogen (secondary N) is 1. The first-order valence-corrected chi connectivity index (χ1v) is 16.3. The minimum Gasteiger partial charge on any atom is -0.484 e. The van der Waals surface area contributed by atoms with Crippen molar-refractivity contribution in [3.8, 4) is 5.75 Å². The molecule has 5 aliphatic rings. The van der Waals surface area contributed by atoms with Gasteiger partial charge in [-0.15, -0.1) is 0 Å². The van der Waals surface area contributed by atoms with Gasteiger partial charge >= 0.3 is 5.97 Å². The number of benzene rings is 1. The van der Waals surface area contributed by atoms with Gasteiger partial charge in [0, 0.05) is 36.5 Å². The molecule has 2 spiro atoms. The normalized spacial score (nSPS) is 30.1. The highest BCUT2D eigenvalue weighted by molar-refractivity contribution is 6.31. The fourth-order valence-electron chi connectivity index (χ4n) is 8.38. The number of H-pyrrole nitrogens is 1. The first kappa shape index (κ1) is 29.5. The van der Waals surface area contributed by atoms with Crippen LogP contribution in [0.1, 0.15) is 94.1 Å². The number of rotatable bonds is 8. The highest BCUT2D eigenvalue weighted by atomic mass is 35.5. The SMILES string of the molecule is CCCc1n[nH]nc1COc1c(F)cc(Cl)c2c1C1(CC1N1CC3(CC3)CC1=O)N(C(=O)[C@@H]1CCCC[C@]1(C)C(=O)O)CC2. The van der Waals surface area contributed by atoms with Crippen LogP contribution >= 0.6 is 11.6 Å². The third-order valence-electron chi connectivity index (χ3n) is 11.2. The zero-order valence-corrected chi connectivity index (χ0v) is 26.0. The summed E-state index contributed by atoms with van der Waals surface area (Å²) in [6.07, 6.45) is 7.21. The number of halogens is 2. The number of carboxylic acid groups (broad SMARTS) is 1. The predicted molar refractivity (Wildman–Crippen MR) is 157 cm³/mol. The highest BCUT2D eigenvalue weighted by Crippen LogP contribution is 2.64. The molecule has 4 fully saturated rings. The van der Waals surface area contributed by atoms with E-state index in [0.29, 0.717) is 68.4 Å². The fourth-order valence-corrected chi connectivity index (χ4v) is 8.66. The molecule has 10 nitrogen and oxygen atoms in total. The standard InChI is InChI=1S/C32H39ClFN5O5/c1-3-6-22-23(36-37-35-22)16-44-27-21(34)13-20(33)18-8-12-39(28(41)19-7-4-5-9-30(19,2)29(42)43)32(26(18)27)14-24(32)38-17-31(10-11-31)15-25(38)40/h13,19,24H,3-12,14-17H2,1-2H3,(H,42,43)(H,35,36,37)/t19-,24?,30-,32?/m0/s1. The Labute approximate surface area is 260 Å². The van der Waals surface area contributed by atoms with E-state index in [4.69, 9.17) is 16.3 Å². The Kier molecular flexibility index (Phi) is 6.99. The number of aliphatic carboxylic acids is 1. The van der Waals surface area contributed by atoms with Crippen molar-refractivity contribution in [3.63, 3.8) is 0 Å². The van der Waals surface area contributed by atoms with Gasteiger partial charge < -0.3 is 19.6 Å². The molecule has 7 rings (SSSR count). The first-order chi connectivity index (χ1) is 21.0. The van der Waals surface area contributed by atoms with Crippen molar-refractivity contribution in [1.82, 2.24) is 25.2 Å². The van der Waals surface area contributed by atoms with Crippen LogP contribution < -0.4 is 4.74 Å². The number of nitrogens with zero attached hydrogens (tertiary/aromatic N) is 4. The van der Waals surface area contributed by atoms with Gasteiger partial charge in [-0.05, 0) is 62.5 Å². The van der Waals surface area contributed by atoms with E-state index in [1.54, 1.807) is 11.8 Å². The van der Waals surface area contributed by atoms with Crippen molar-refractivity contribution < 1.29 is 28.6 Å². The number of aromatic nitrogens is 3. The summed E-state index contributed by atoms with van der Waals surface area (Å²) in [4.78, 5) is 44.2. The highest BCUT2D eigenvalue weighted by Gasteiger charge is 2.70. The molecular formula is C32H39ClFN5O5. The largest absolute Gasteiger partial charge is 0.484 e. The number of carbonyl (C=O) groups is 3. The quantitative estimate of drug-likeness (QED) is 0.431. The average Bonchev–Trinajstić information content (AvgIpc) is 3.82. The second-order valence-corrected chi connectivity index (χ2v) is 14.3. The van der Waals surface area contributed by atoms with Gasteiger partial charge in [-0.25, -0.2) is 4.39 Å².